The number of quaternary nitrogens is 1. The van der Waals surface area contributed by atoms with Crippen LogP contribution in [0.1, 0.15) is 335 Å². The van der Waals surface area contributed by atoms with Crippen LogP contribution in [0.15, 0.2) is 85.1 Å². The number of carbonyl (C=O) groups excluding carboxylic acids is 3. The van der Waals surface area contributed by atoms with Gasteiger partial charge in [0.2, 0.25) is 0 Å². The smallest absolute Gasteiger partial charge is 0.306 e. The maximum absolute atomic E-state index is 12.9. The van der Waals surface area contributed by atoms with E-state index >= 15 is 0 Å². The van der Waals surface area contributed by atoms with E-state index < -0.39 is 24.3 Å². The fourth-order valence-electron chi connectivity index (χ4n) is 10.5. The molecule has 0 aliphatic heterocycles. The van der Waals surface area contributed by atoms with Crippen molar-refractivity contribution in [2.24, 2.45) is 0 Å². The normalized spacial score (nSPS) is 13.2. The highest BCUT2D eigenvalue weighted by atomic mass is 16.7. The summed E-state index contributed by atoms with van der Waals surface area (Å²) in [5, 5.41) is 11.8. The lowest BCUT2D eigenvalue weighted by Gasteiger charge is -2.26. The van der Waals surface area contributed by atoms with E-state index in [9.17, 15) is 19.5 Å². The first-order chi connectivity index (χ1) is 42.6. The fourth-order valence-corrected chi connectivity index (χ4v) is 10.5. The number of esters is 2. The second-order valence-electron chi connectivity index (χ2n) is 25.9. The quantitative estimate of drug-likeness (QED) is 0.0195. The minimum Gasteiger partial charge on any atom is -0.545 e. The van der Waals surface area contributed by atoms with Crippen LogP contribution < -0.4 is 5.11 Å². The third-order valence-electron chi connectivity index (χ3n) is 16.1. The van der Waals surface area contributed by atoms with Crippen molar-refractivity contribution in [3.05, 3.63) is 85.1 Å². The van der Waals surface area contributed by atoms with Crippen molar-refractivity contribution < 1.29 is 42.9 Å². The molecule has 0 saturated heterocycles. The number of aliphatic carboxylic acids is 1. The van der Waals surface area contributed by atoms with Crippen LogP contribution in [0.25, 0.3) is 0 Å². The van der Waals surface area contributed by atoms with Crippen molar-refractivity contribution in [1.82, 2.24) is 0 Å². The molecule has 9 heteroatoms. The van der Waals surface area contributed by atoms with E-state index in [1.165, 1.54) is 218 Å². The van der Waals surface area contributed by atoms with Crippen LogP contribution in [-0.4, -0.2) is 82.3 Å². The maximum atomic E-state index is 12.9. The van der Waals surface area contributed by atoms with E-state index in [1.807, 2.05) is 21.1 Å². The van der Waals surface area contributed by atoms with Crippen molar-refractivity contribution in [2.75, 3.05) is 47.5 Å². The summed E-state index contributed by atoms with van der Waals surface area (Å²) >= 11 is 0. The van der Waals surface area contributed by atoms with Crippen molar-refractivity contribution in [3.8, 4) is 0 Å². The molecule has 87 heavy (non-hydrogen) atoms. The Labute approximate surface area is 538 Å². The highest BCUT2D eigenvalue weighted by molar-refractivity contribution is 5.70. The van der Waals surface area contributed by atoms with Gasteiger partial charge in [0.1, 0.15) is 13.2 Å². The number of likely N-dealkylation sites (N-methyl/N-ethyl adjacent to an activating group) is 1. The number of carbonyl (C=O) groups is 3. The topological polar surface area (TPSA) is 111 Å². The van der Waals surface area contributed by atoms with E-state index in [1.54, 1.807) is 0 Å². The van der Waals surface area contributed by atoms with Gasteiger partial charge in [-0.15, -0.1) is 0 Å². The zero-order valence-electron chi connectivity index (χ0n) is 57.6. The van der Waals surface area contributed by atoms with Crippen LogP contribution in [0.2, 0.25) is 0 Å². The number of rotatable bonds is 68. The number of ether oxygens (including phenoxy) is 4. The third kappa shape index (κ3) is 69.8. The SMILES string of the molecule is CC/C=C\C/C=C\C/C=C\C/C=C\C/C=C\CCCCCCCCCCCC(=O)OC(COC(=O)CCCCCCCCCCCCCCCCCCCCCCCCCCC/C=C\C/C=C\CCCCCCC)COC(OCC[N+](C)(C)C)C(=O)[O-]. The Kier molecular flexibility index (Phi) is 65.6. The molecule has 0 saturated carbocycles. The summed E-state index contributed by atoms with van der Waals surface area (Å²) in [7, 11) is 5.93. The molecule has 0 bridgehead atoms. The molecule has 2 unspecified atom stereocenters. The van der Waals surface area contributed by atoms with Gasteiger partial charge in [0.15, 0.2) is 12.4 Å². The van der Waals surface area contributed by atoms with Gasteiger partial charge in [0.05, 0.1) is 40.3 Å². The van der Waals surface area contributed by atoms with E-state index in [4.69, 9.17) is 18.9 Å². The highest BCUT2D eigenvalue weighted by Gasteiger charge is 2.22. The molecular weight excluding hydrogens is 1080 g/mol. The van der Waals surface area contributed by atoms with Crippen molar-refractivity contribution in [2.45, 2.75) is 347 Å². The van der Waals surface area contributed by atoms with Gasteiger partial charge in [-0.05, 0) is 89.9 Å². The minimum atomic E-state index is -1.63. The number of carboxylic acids is 1. The van der Waals surface area contributed by atoms with Crippen LogP contribution in [0.3, 0.4) is 0 Å². The Balaban J connectivity index is 4.03. The van der Waals surface area contributed by atoms with Gasteiger partial charge in [-0.1, -0.05) is 317 Å². The number of carboxylic acid groups (broad SMARTS) is 1. The molecule has 0 radical (unpaired) electrons. The van der Waals surface area contributed by atoms with E-state index in [0.29, 0.717) is 23.9 Å². The molecule has 2 atom stereocenters. The monoisotopic (exact) mass is 1220 g/mol. The molecule has 0 heterocycles. The largest absolute Gasteiger partial charge is 0.545 e. The molecule has 0 aliphatic rings. The van der Waals surface area contributed by atoms with E-state index in [2.05, 4.69) is 98.9 Å². The average molecular weight is 1220 g/mol. The number of hydrogen-bond acceptors (Lipinski definition) is 8. The molecule has 0 amide bonds. The number of nitrogens with zero attached hydrogens (tertiary/aromatic N) is 1. The Morgan fingerprint density at radius 3 is 0.977 bits per heavy atom. The fraction of sp³-hybridized carbons (Fsp3) is 0.782. The summed E-state index contributed by atoms with van der Waals surface area (Å²) in [6.45, 7) is 4.65. The summed E-state index contributed by atoms with van der Waals surface area (Å²) in [4.78, 5) is 37.5. The van der Waals surface area contributed by atoms with Crippen molar-refractivity contribution >= 4 is 17.9 Å². The molecule has 9 nitrogen and oxygen atoms in total. The Morgan fingerprint density at radius 2 is 0.655 bits per heavy atom. The standard InChI is InChI=1S/C78H139NO8/c1-6-8-10-12-14-16-18-20-22-24-26-28-30-32-33-34-35-36-37-38-39-40-41-42-43-45-46-48-50-52-54-56-58-60-62-64-66-68-75(80)85-72-74(73-86-78(77(82)83)84-71-70-79(3,4)5)87-76(81)69-67-65-63-61-59-57-55-53-51-49-47-44-31-29-27-25-23-21-19-17-15-13-11-9-7-2/h9,11,15,17-18,20-21,23-24,26-27,29,44,47,74,78H,6-8,10,12-14,16,19,22,25,28,30-43,45-46,48-73H2,1-5H3/b11-9-,17-15-,20-18-,23-21-,26-24-,29-27-,47-44-. The zero-order chi connectivity index (χ0) is 63.3. The van der Waals surface area contributed by atoms with Gasteiger partial charge < -0.3 is 33.3 Å². The molecule has 0 aromatic rings. The Morgan fingerprint density at radius 1 is 0.356 bits per heavy atom. The van der Waals surface area contributed by atoms with Gasteiger partial charge >= 0.3 is 11.9 Å². The first kappa shape index (κ1) is 83.5. The number of hydrogen-bond donors (Lipinski definition) is 0. The number of allylic oxidation sites excluding steroid dienone is 14. The lowest BCUT2D eigenvalue weighted by molar-refractivity contribution is -0.870. The summed E-state index contributed by atoms with van der Waals surface area (Å²) in [6.07, 6.45) is 89.7. The molecule has 0 aromatic carbocycles. The molecule has 504 valence electrons. The van der Waals surface area contributed by atoms with Gasteiger partial charge in [-0.2, -0.15) is 0 Å². The van der Waals surface area contributed by atoms with Crippen LogP contribution >= 0.6 is 0 Å². The van der Waals surface area contributed by atoms with E-state index in [-0.39, 0.29) is 32.2 Å². The Bertz CT molecular complexity index is 1700. The summed E-state index contributed by atoms with van der Waals surface area (Å²) < 4.78 is 22.8. The second kappa shape index (κ2) is 68.4. The predicted octanol–water partition coefficient (Wildman–Crippen LogP) is 21.7. The van der Waals surface area contributed by atoms with Crippen LogP contribution in [0, 0.1) is 0 Å². The summed E-state index contributed by atoms with van der Waals surface area (Å²) in [5.74, 6) is -2.28. The lowest BCUT2D eigenvalue weighted by atomic mass is 10.0. The van der Waals surface area contributed by atoms with Crippen LogP contribution in [-0.2, 0) is 33.3 Å². The summed E-state index contributed by atoms with van der Waals surface area (Å²) in [5.41, 5.74) is 0. The van der Waals surface area contributed by atoms with Gasteiger partial charge in [-0.25, -0.2) is 0 Å². The molecule has 0 fully saturated rings. The second-order valence-corrected chi connectivity index (χ2v) is 25.9. The molecule has 0 rings (SSSR count). The summed E-state index contributed by atoms with van der Waals surface area (Å²) in [6, 6.07) is 0. The van der Waals surface area contributed by atoms with Gasteiger partial charge in [0, 0.05) is 12.8 Å². The van der Waals surface area contributed by atoms with Crippen LogP contribution in [0.4, 0.5) is 0 Å². The predicted molar refractivity (Wildman–Crippen MR) is 371 cm³/mol. The molecule has 0 aliphatic carbocycles. The highest BCUT2D eigenvalue weighted by Crippen LogP contribution is 2.18. The van der Waals surface area contributed by atoms with Crippen molar-refractivity contribution in [1.29, 1.82) is 0 Å². The first-order valence-corrected chi connectivity index (χ1v) is 36.7. The molecule has 0 spiro atoms. The third-order valence-corrected chi connectivity index (χ3v) is 16.1. The zero-order valence-corrected chi connectivity index (χ0v) is 57.6. The van der Waals surface area contributed by atoms with E-state index in [0.717, 1.165) is 83.5 Å². The molecular formula is C78H139NO8. The maximum Gasteiger partial charge on any atom is 0.306 e. The van der Waals surface area contributed by atoms with Gasteiger partial charge in [-0.3, -0.25) is 9.59 Å². The van der Waals surface area contributed by atoms with Gasteiger partial charge in [0.25, 0.3) is 0 Å². The lowest BCUT2D eigenvalue weighted by Crippen LogP contribution is -2.44. The molecule has 0 aromatic heterocycles. The van der Waals surface area contributed by atoms with Crippen molar-refractivity contribution in [3.63, 3.8) is 0 Å². The number of unbranched alkanes of at least 4 members (excludes halogenated alkanes) is 39. The minimum absolute atomic E-state index is 0.145. The van der Waals surface area contributed by atoms with Crippen LogP contribution in [0.5, 0.6) is 0 Å². The Hall–Kier alpha value is -3.53. The molecule has 0 N–H and O–H groups in total. The first-order valence-electron chi connectivity index (χ1n) is 36.7. The average Bonchev–Trinajstić information content (AvgIpc) is 3.59.